The molecule has 0 amide bonds. The van der Waals surface area contributed by atoms with Gasteiger partial charge in [0.15, 0.2) is 9.84 Å². The lowest BCUT2D eigenvalue weighted by Gasteiger charge is -2.09. The Labute approximate surface area is 92.2 Å². The molecule has 0 rings (SSSR count). The lowest BCUT2D eigenvalue weighted by molar-refractivity contribution is -0.119. The molecule has 90 valence electrons. The highest BCUT2D eigenvalue weighted by Gasteiger charge is 2.18. The van der Waals surface area contributed by atoms with Crippen molar-refractivity contribution in [3.63, 3.8) is 0 Å². The fourth-order valence-electron chi connectivity index (χ4n) is 1.03. The van der Waals surface area contributed by atoms with Gasteiger partial charge in [-0.1, -0.05) is 6.92 Å². The summed E-state index contributed by atoms with van der Waals surface area (Å²) < 4.78 is 22.8. The molecular weight excluding hydrogens is 214 g/mol. The molecule has 2 N–H and O–H groups in total. The van der Waals surface area contributed by atoms with Crippen molar-refractivity contribution in [3.8, 4) is 0 Å². The molecule has 15 heavy (non-hydrogen) atoms. The molecule has 0 aromatic carbocycles. The minimum Gasteiger partial charge on any atom is -0.327 e. The number of carbonyl (C=O) groups excluding carboxylic acids is 1. The Balaban J connectivity index is 4.02. The SMILES string of the molecule is CCC(N)CC(=O)CCS(=O)(=O)C(C)C. The van der Waals surface area contributed by atoms with Gasteiger partial charge in [0.2, 0.25) is 0 Å². The largest absolute Gasteiger partial charge is 0.327 e. The summed E-state index contributed by atoms with van der Waals surface area (Å²) >= 11 is 0. The van der Waals surface area contributed by atoms with Crippen LogP contribution in [0.5, 0.6) is 0 Å². The third-order valence-electron chi connectivity index (χ3n) is 2.40. The molecule has 0 saturated carbocycles. The van der Waals surface area contributed by atoms with E-state index in [9.17, 15) is 13.2 Å². The molecule has 1 unspecified atom stereocenters. The van der Waals surface area contributed by atoms with Gasteiger partial charge >= 0.3 is 0 Å². The maximum Gasteiger partial charge on any atom is 0.153 e. The highest BCUT2D eigenvalue weighted by molar-refractivity contribution is 7.91. The van der Waals surface area contributed by atoms with E-state index in [1.807, 2.05) is 6.92 Å². The predicted octanol–water partition coefficient (Wildman–Crippen LogP) is 0.896. The number of hydrogen-bond donors (Lipinski definition) is 1. The Morgan fingerprint density at radius 3 is 2.27 bits per heavy atom. The van der Waals surface area contributed by atoms with Crippen molar-refractivity contribution in [1.82, 2.24) is 0 Å². The molecule has 0 spiro atoms. The average Bonchev–Trinajstić information content (AvgIpc) is 2.14. The van der Waals surface area contributed by atoms with E-state index in [4.69, 9.17) is 5.73 Å². The minimum absolute atomic E-state index is 0.0556. The summed E-state index contributed by atoms with van der Waals surface area (Å²) in [6.07, 6.45) is 1.11. The monoisotopic (exact) mass is 235 g/mol. The summed E-state index contributed by atoms with van der Waals surface area (Å²) in [6, 6.07) is -0.140. The van der Waals surface area contributed by atoms with Gasteiger partial charge in [0, 0.05) is 18.9 Å². The van der Waals surface area contributed by atoms with Crippen molar-refractivity contribution in [2.75, 3.05) is 5.75 Å². The molecule has 0 bridgehead atoms. The van der Waals surface area contributed by atoms with Crippen LogP contribution in [0.15, 0.2) is 0 Å². The van der Waals surface area contributed by atoms with E-state index >= 15 is 0 Å². The molecule has 0 radical (unpaired) electrons. The molecule has 4 nitrogen and oxygen atoms in total. The second kappa shape index (κ2) is 6.23. The van der Waals surface area contributed by atoms with Gasteiger partial charge < -0.3 is 5.73 Å². The van der Waals surface area contributed by atoms with E-state index in [2.05, 4.69) is 0 Å². The minimum atomic E-state index is -3.10. The Morgan fingerprint density at radius 1 is 1.33 bits per heavy atom. The van der Waals surface area contributed by atoms with Crippen molar-refractivity contribution < 1.29 is 13.2 Å². The van der Waals surface area contributed by atoms with Gasteiger partial charge in [0.05, 0.1) is 11.0 Å². The van der Waals surface area contributed by atoms with Crippen LogP contribution in [0.3, 0.4) is 0 Å². The molecule has 0 aromatic rings. The quantitative estimate of drug-likeness (QED) is 0.711. The Hall–Kier alpha value is -0.420. The van der Waals surface area contributed by atoms with Gasteiger partial charge in [0.25, 0.3) is 0 Å². The van der Waals surface area contributed by atoms with Crippen molar-refractivity contribution in [1.29, 1.82) is 0 Å². The molecule has 5 heteroatoms. The van der Waals surface area contributed by atoms with Crippen LogP contribution < -0.4 is 5.73 Å². The van der Waals surface area contributed by atoms with E-state index in [0.717, 1.165) is 6.42 Å². The van der Waals surface area contributed by atoms with Crippen LogP contribution in [-0.2, 0) is 14.6 Å². The van der Waals surface area contributed by atoms with Crippen LogP contribution in [0, 0.1) is 0 Å². The van der Waals surface area contributed by atoms with Crippen molar-refractivity contribution in [2.24, 2.45) is 5.73 Å². The van der Waals surface area contributed by atoms with E-state index < -0.39 is 15.1 Å². The number of Topliss-reactive ketones (excluding diaryl/α,β-unsaturated/α-hetero) is 1. The molecule has 1 atom stereocenters. The number of carbonyl (C=O) groups is 1. The van der Waals surface area contributed by atoms with Gasteiger partial charge in [-0.05, 0) is 20.3 Å². The number of sulfone groups is 1. The van der Waals surface area contributed by atoms with E-state index in [0.29, 0.717) is 0 Å². The Bertz CT molecular complexity index is 296. The van der Waals surface area contributed by atoms with Crippen LogP contribution in [0.2, 0.25) is 0 Å². The maximum absolute atomic E-state index is 11.4. The third-order valence-corrected chi connectivity index (χ3v) is 4.61. The molecule has 0 aromatic heterocycles. The first-order chi connectivity index (χ1) is 6.79. The molecular formula is C10H21NO3S. The van der Waals surface area contributed by atoms with E-state index in [1.54, 1.807) is 13.8 Å². The van der Waals surface area contributed by atoms with Gasteiger partial charge in [0.1, 0.15) is 5.78 Å². The van der Waals surface area contributed by atoms with Crippen LogP contribution in [0.25, 0.3) is 0 Å². The summed E-state index contributed by atoms with van der Waals surface area (Å²) in [5, 5.41) is -0.412. The first-order valence-corrected chi connectivity index (χ1v) is 7.00. The number of rotatable bonds is 7. The van der Waals surface area contributed by atoms with E-state index in [1.165, 1.54) is 0 Å². The fraction of sp³-hybridized carbons (Fsp3) is 0.900. The normalized spacial score (nSPS) is 14.2. The number of nitrogens with two attached hydrogens (primary N) is 1. The summed E-state index contributed by atoms with van der Waals surface area (Å²) in [6.45, 7) is 5.15. The first kappa shape index (κ1) is 14.6. The third kappa shape index (κ3) is 5.89. The average molecular weight is 235 g/mol. The lowest BCUT2D eigenvalue weighted by atomic mass is 10.1. The second-order valence-electron chi connectivity index (χ2n) is 4.08. The second-order valence-corrected chi connectivity index (χ2v) is 6.75. The van der Waals surface area contributed by atoms with Crippen LogP contribution in [0.4, 0.5) is 0 Å². The number of hydrogen-bond acceptors (Lipinski definition) is 4. The zero-order chi connectivity index (χ0) is 12.1. The molecule has 0 aliphatic rings. The Kier molecular flexibility index (Phi) is 6.05. The zero-order valence-corrected chi connectivity index (χ0v) is 10.5. The topological polar surface area (TPSA) is 77.2 Å². The van der Waals surface area contributed by atoms with Crippen molar-refractivity contribution in [2.45, 2.75) is 51.3 Å². The van der Waals surface area contributed by atoms with Gasteiger partial charge in [-0.3, -0.25) is 4.79 Å². The summed E-state index contributed by atoms with van der Waals surface area (Å²) in [4.78, 5) is 11.3. The van der Waals surface area contributed by atoms with Crippen LogP contribution in [0.1, 0.15) is 40.0 Å². The van der Waals surface area contributed by atoms with Crippen molar-refractivity contribution in [3.05, 3.63) is 0 Å². The standard InChI is InChI=1S/C10H21NO3S/c1-4-9(11)7-10(12)5-6-15(13,14)8(2)3/h8-9H,4-7,11H2,1-3H3. The summed E-state index contributed by atoms with van der Waals surface area (Å²) in [5.74, 6) is -0.117. The highest BCUT2D eigenvalue weighted by Crippen LogP contribution is 2.05. The summed E-state index contributed by atoms with van der Waals surface area (Å²) in [5.41, 5.74) is 5.60. The van der Waals surface area contributed by atoms with Crippen LogP contribution in [-0.4, -0.2) is 31.2 Å². The number of ketones is 1. The zero-order valence-electron chi connectivity index (χ0n) is 9.69. The molecule has 0 heterocycles. The van der Waals surface area contributed by atoms with Gasteiger partial charge in [-0.25, -0.2) is 8.42 Å². The molecule has 0 aliphatic heterocycles. The molecule has 0 fully saturated rings. The van der Waals surface area contributed by atoms with Crippen LogP contribution >= 0.6 is 0 Å². The fourth-order valence-corrected chi connectivity index (χ4v) is 2.01. The summed E-state index contributed by atoms with van der Waals surface area (Å²) in [7, 11) is -3.10. The van der Waals surface area contributed by atoms with Gasteiger partial charge in [-0.15, -0.1) is 0 Å². The maximum atomic E-state index is 11.4. The van der Waals surface area contributed by atoms with Crippen molar-refractivity contribution >= 4 is 15.6 Å². The molecule has 0 aliphatic carbocycles. The Morgan fingerprint density at radius 2 is 1.87 bits per heavy atom. The first-order valence-electron chi connectivity index (χ1n) is 5.28. The molecule has 0 saturated heterocycles. The predicted molar refractivity (Wildman–Crippen MR) is 61.4 cm³/mol. The highest BCUT2D eigenvalue weighted by atomic mass is 32.2. The lowest BCUT2D eigenvalue weighted by Crippen LogP contribution is -2.25. The van der Waals surface area contributed by atoms with E-state index in [-0.39, 0.29) is 30.4 Å². The van der Waals surface area contributed by atoms with Gasteiger partial charge in [-0.2, -0.15) is 0 Å². The smallest absolute Gasteiger partial charge is 0.153 e.